The molecule has 4 nitrogen and oxygen atoms in total. The Balaban J connectivity index is 1.74. The zero-order valence-electron chi connectivity index (χ0n) is 21.0. The van der Waals surface area contributed by atoms with Crippen LogP contribution in [0.1, 0.15) is 54.2 Å². The summed E-state index contributed by atoms with van der Waals surface area (Å²) < 4.78 is 35.3. The van der Waals surface area contributed by atoms with Gasteiger partial charge in [-0.2, -0.15) is 0 Å². The van der Waals surface area contributed by atoms with E-state index in [0.717, 1.165) is 11.1 Å². The van der Waals surface area contributed by atoms with E-state index >= 15 is 4.39 Å². The third kappa shape index (κ3) is 5.92. The predicted octanol–water partition coefficient (Wildman–Crippen LogP) is 7.14. The predicted molar refractivity (Wildman–Crippen MR) is 139 cm³/mol. The molecular formula is C31H33FO4. The van der Waals surface area contributed by atoms with E-state index in [1.807, 2.05) is 67.6 Å². The Bertz CT molecular complexity index is 1180. The summed E-state index contributed by atoms with van der Waals surface area (Å²) >= 11 is 0. The van der Waals surface area contributed by atoms with Crippen LogP contribution >= 0.6 is 0 Å². The van der Waals surface area contributed by atoms with Crippen LogP contribution in [0.25, 0.3) is 5.83 Å². The lowest BCUT2D eigenvalue weighted by atomic mass is 9.87. The van der Waals surface area contributed by atoms with Crippen LogP contribution in [0, 0.1) is 5.92 Å². The zero-order valence-corrected chi connectivity index (χ0v) is 21.0. The fraction of sp³-hybridized carbons (Fsp3) is 0.323. The lowest BCUT2D eigenvalue weighted by Gasteiger charge is -2.42. The fourth-order valence-corrected chi connectivity index (χ4v) is 4.66. The second-order valence-corrected chi connectivity index (χ2v) is 9.18. The van der Waals surface area contributed by atoms with E-state index in [4.69, 9.17) is 14.2 Å². The molecule has 0 spiro atoms. The second kappa shape index (κ2) is 12.1. The number of rotatable bonds is 9. The number of carbonyl (C=O) groups is 1. The van der Waals surface area contributed by atoms with Gasteiger partial charge >= 0.3 is 0 Å². The molecule has 0 bridgehead atoms. The zero-order chi connectivity index (χ0) is 25.5. The molecule has 0 amide bonds. The van der Waals surface area contributed by atoms with E-state index < -0.39 is 18.0 Å². The monoisotopic (exact) mass is 488 g/mol. The van der Waals surface area contributed by atoms with Crippen molar-refractivity contribution in [2.75, 3.05) is 0 Å². The summed E-state index contributed by atoms with van der Waals surface area (Å²) in [5.41, 5.74) is 2.51. The maximum Gasteiger partial charge on any atom is 0.171 e. The molecule has 1 saturated heterocycles. The Morgan fingerprint density at radius 3 is 1.92 bits per heavy atom. The van der Waals surface area contributed by atoms with Crippen molar-refractivity contribution in [1.29, 1.82) is 0 Å². The highest BCUT2D eigenvalue weighted by molar-refractivity contribution is 5.98. The molecule has 1 aliphatic heterocycles. The van der Waals surface area contributed by atoms with E-state index in [1.54, 1.807) is 24.3 Å². The van der Waals surface area contributed by atoms with E-state index in [2.05, 4.69) is 6.92 Å². The van der Waals surface area contributed by atoms with Crippen LogP contribution in [0.4, 0.5) is 4.39 Å². The number of carbonyl (C=O) groups excluding carboxylic acids is 1. The quantitative estimate of drug-likeness (QED) is 0.300. The second-order valence-electron chi connectivity index (χ2n) is 9.18. The first-order valence-corrected chi connectivity index (χ1v) is 12.5. The Morgan fingerprint density at radius 1 is 0.833 bits per heavy atom. The smallest absolute Gasteiger partial charge is 0.171 e. The molecule has 1 heterocycles. The average Bonchev–Trinajstić information content (AvgIpc) is 2.92. The van der Waals surface area contributed by atoms with Crippen LogP contribution in [0.15, 0.2) is 90.7 Å². The summed E-state index contributed by atoms with van der Waals surface area (Å²) in [6.45, 7) is 6.15. The topological polar surface area (TPSA) is 44.8 Å². The van der Waals surface area contributed by atoms with Crippen molar-refractivity contribution in [1.82, 2.24) is 0 Å². The first-order chi connectivity index (χ1) is 17.5. The molecule has 5 heteroatoms. The maximum atomic E-state index is 16.3. The van der Waals surface area contributed by atoms with Crippen molar-refractivity contribution in [3.05, 3.63) is 113 Å². The van der Waals surface area contributed by atoms with Gasteiger partial charge in [-0.15, -0.1) is 0 Å². The van der Waals surface area contributed by atoms with Gasteiger partial charge in [0, 0.05) is 17.0 Å². The molecule has 3 aromatic carbocycles. The normalized spacial score (nSPS) is 23.1. The minimum absolute atomic E-state index is 0.0425. The molecule has 1 fully saturated rings. The molecule has 0 aromatic heterocycles. The number of ether oxygens (including phenoxy) is 3. The van der Waals surface area contributed by atoms with Gasteiger partial charge in [0.1, 0.15) is 12.2 Å². The lowest BCUT2D eigenvalue weighted by molar-refractivity contribution is -0.167. The van der Waals surface area contributed by atoms with Crippen LogP contribution in [0.3, 0.4) is 0 Å². The number of ketones is 1. The van der Waals surface area contributed by atoms with Gasteiger partial charge in [-0.3, -0.25) is 4.79 Å². The van der Waals surface area contributed by atoms with Crippen LogP contribution in [0.5, 0.6) is 0 Å². The van der Waals surface area contributed by atoms with Crippen molar-refractivity contribution in [3.63, 3.8) is 0 Å². The highest BCUT2D eigenvalue weighted by Gasteiger charge is 2.44. The Hall–Kier alpha value is -3.28. The number of halogens is 1. The fourth-order valence-electron chi connectivity index (χ4n) is 4.66. The van der Waals surface area contributed by atoms with Gasteiger partial charge in [0.25, 0.3) is 0 Å². The van der Waals surface area contributed by atoms with Gasteiger partial charge in [-0.05, 0) is 24.5 Å². The third-order valence-electron chi connectivity index (χ3n) is 6.66. The summed E-state index contributed by atoms with van der Waals surface area (Å²) in [5.74, 6) is -0.754. The van der Waals surface area contributed by atoms with Crippen molar-refractivity contribution in [3.8, 4) is 0 Å². The van der Waals surface area contributed by atoms with E-state index in [9.17, 15) is 4.79 Å². The van der Waals surface area contributed by atoms with Crippen molar-refractivity contribution < 1.29 is 23.4 Å². The molecule has 0 radical (unpaired) electrons. The van der Waals surface area contributed by atoms with Gasteiger partial charge in [0.05, 0.1) is 19.3 Å². The molecule has 0 aliphatic carbocycles. The van der Waals surface area contributed by atoms with Gasteiger partial charge < -0.3 is 14.2 Å². The van der Waals surface area contributed by atoms with Crippen LogP contribution < -0.4 is 0 Å². The first-order valence-electron chi connectivity index (χ1n) is 12.5. The summed E-state index contributed by atoms with van der Waals surface area (Å²) in [4.78, 5) is 12.3. The summed E-state index contributed by atoms with van der Waals surface area (Å²) in [5, 5.41) is 0. The molecule has 4 rings (SSSR count). The van der Waals surface area contributed by atoms with Crippen molar-refractivity contribution in [2.45, 2.75) is 58.7 Å². The summed E-state index contributed by atoms with van der Waals surface area (Å²) in [6, 6.07) is 26.3. The minimum atomic E-state index is -0.785. The SMILES string of the molecule is CC[C@H]1O/C(=C(\F)c2ccccc2C(C)=O)C(OCc2ccccc2)C(OCc2ccccc2)[C@@H]1C. The van der Waals surface area contributed by atoms with Crippen LogP contribution in [-0.4, -0.2) is 24.1 Å². The molecule has 3 aromatic rings. The average molecular weight is 489 g/mol. The molecule has 36 heavy (non-hydrogen) atoms. The van der Waals surface area contributed by atoms with Gasteiger partial charge in [-0.1, -0.05) is 98.8 Å². The Morgan fingerprint density at radius 2 is 1.36 bits per heavy atom. The number of Topliss-reactive ketones (excluding diaryl/α,β-unsaturated/α-hetero) is 1. The number of hydrogen-bond donors (Lipinski definition) is 0. The van der Waals surface area contributed by atoms with Gasteiger partial charge in [0.2, 0.25) is 0 Å². The molecule has 2 unspecified atom stereocenters. The molecule has 188 valence electrons. The minimum Gasteiger partial charge on any atom is -0.488 e. The van der Waals surface area contributed by atoms with Crippen LogP contribution in [0.2, 0.25) is 0 Å². The molecule has 0 N–H and O–H groups in total. The van der Waals surface area contributed by atoms with Crippen molar-refractivity contribution >= 4 is 11.6 Å². The first kappa shape index (κ1) is 25.8. The van der Waals surface area contributed by atoms with Crippen LogP contribution in [-0.2, 0) is 27.4 Å². The summed E-state index contributed by atoms with van der Waals surface area (Å²) in [7, 11) is 0. The largest absolute Gasteiger partial charge is 0.488 e. The van der Waals surface area contributed by atoms with Crippen molar-refractivity contribution in [2.24, 2.45) is 5.92 Å². The Labute approximate surface area is 212 Å². The van der Waals surface area contributed by atoms with Gasteiger partial charge in [-0.25, -0.2) is 4.39 Å². The standard InChI is InChI=1S/C31H33FO4/c1-4-27-21(2)29(34-19-23-13-7-5-8-14-23)31(35-20-24-15-9-6-10-16-24)30(36-27)28(32)26-18-12-11-17-25(26)22(3)33/h5-18,21,27,29,31H,4,19-20H2,1-3H3/b30-28-/t21-,27-,29?,31?/m1/s1. The maximum absolute atomic E-state index is 16.3. The molecular weight excluding hydrogens is 455 g/mol. The highest BCUT2D eigenvalue weighted by Crippen LogP contribution is 2.39. The van der Waals surface area contributed by atoms with E-state index in [0.29, 0.717) is 18.6 Å². The summed E-state index contributed by atoms with van der Waals surface area (Å²) in [6.07, 6.45) is -0.805. The van der Waals surface area contributed by atoms with E-state index in [-0.39, 0.29) is 35.7 Å². The van der Waals surface area contributed by atoms with Gasteiger partial charge in [0.15, 0.2) is 17.4 Å². The lowest BCUT2D eigenvalue weighted by Crippen LogP contribution is -2.49. The molecule has 1 aliphatic rings. The van der Waals surface area contributed by atoms with E-state index in [1.165, 1.54) is 6.92 Å². The number of benzene rings is 3. The number of hydrogen-bond acceptors (Lipinski definition) is 4. The molecule has 0 saturated carbocycles. The molecule has 4 atom stereocenters. The highest BCUT2D eigenvalue weighted by atomic mass is 19.1. The Kier molecular flexibility index (Phi) is 8.68. The third-order valence-corrected chi connectivity index (χ3v) is 6.66.